The zero-order valence-corrected chi connectivity index (χ0v) is 14.3. The topological polar surface area (TPSA) is 62.6 Å². The Morgan fingerprint density at radius 3 is 2.33 bits per heavy atom. The van der Waals surface area contributed by atoms with Gasteiger partial charge in [0.25, 0.3) is 11.8 Å². The van der Waals surface area contributed by atoms with Gasteiger partial charge in [-0.25, -0.2) is 8.78 Å². The second kappa shape index (κ2) is 6.83. The van der Waals surface area contributed by atoms with E-state index in [4.69, 9.17) is 4.42 Å². The summed E-state index contributed by atoms with van der Waals surface area (Å²) in [6.07, 6.45) is 1.79. The first-order chi connectivity index (χ1) is 13.1. The molecule has 1 fully saturated rings. The summed E-state index contributed by atoms with van der Waals surface area (Å²) < 4.78 is 33.6. The summed E-state index contributed by atoms with van der Waals surface area (Å²) in [6, 6.07) is 9.97. The van der Waals surface area contributed by atoms with E-state index < -0.39 is 23.1 Å². The number of fused-ring (bicyclic) bond motifs is 1. The maximum absolute atomic E-state index is 13.9. The van der Waals surface area contributed by atoms with Crippen molar-refractivity contribution in [3.8, 4) is 0 Å². The Labute approximate surface area is 153 Å². The Balaban J connectivity index is 1.77. The van der Waals surface area contributed by atoms with Gasteiger partial charge in [0.1, 0.15) is 28.5 Å². The molecule has 7 heteroatoms. The zero-order valence-electron chi connectivity index (χ0n) is 14.3. The molecule has 1 aliphatic rings. The minimum absolute atomic E-state index is 0.0387. The van der Waals surface area contributed by atoms with Crippen LogP contribution in [0.25, 0.3) is 11.0 Å². The van der Waals surface area contributed by atoms with E-state index in [1.165, 1.54) is 6.07 Å². The molecule has 0 radical (unpaired) electrons. The van der Waals surface area contributed by atoms with Gasteiger partial charge >= 0.3 is 0 Å². The number of anilines is 1. The maximum Gasteiger partial charge on any atom is 0.291 e. The van der Waals surface area contributed by atoms with Gasteiger partial charge in [0.05, 0.1) is 0 Å². The van der Waals surface area contributed by atoms with Gasteiger partial charge in [0, 0.05) is 18.5 Å². The quantitative estimate of drug-likeness (QED) is 0.752. The van der Waals surface area contributed by atoms with E-state index >= 15 is 0 Å². The highest BCUT2D eigenvalue weighted by Gasteiger charge is 2.29. The lowest BCUT2D eigenvalue weighted by atomic mass is 10.1. The molecule has 2 aromatic carbocycles. The molecular formula is C20H16F2N2O3. The minimum atomic E-state index is -0.979. The normalized spacial score (nSPS) is 13.9. The summed E-state index contributed by atoms with van der Waals surface area (Å²) in [5.41, 5.74) is -0.179. The Bertz CT molecular complexity index is 1020. The highest BCUT2D eigenvalue weighted by molar-refractivity contribution is 6.14. The molecule has 138 valence electrons. The van der Waals surface area contributed by atoms with Crippen molar-refractivity contribution >= 4 is 28.5 Å². The molecule has 0 bridgehead atoms. The molecule has 2 amide bonds. The van der Waals surface area contributed by atoms with Crippen LogP contribution >= 0.6 is 0 Å². The fourth-order valence-corrected chi connectivity index (χ4v) is 3.27. The minimum Gasteiger partial charge on any atom is -0.449 e. The van der Waals surface area contributed by atoms with Gasteiger partial charge in [0.2, 0.25) is 5.76 Å². The van der Waals surface area contributed by atoms with Crippen LogP contribution in [0.5, 0.6) is 0 Å². The molecule has 2 heterocycles. The van der Waals surface area contributed by atoms with Crippen molar-refractivity contribution in [2.45, 2.75) is 12.8 Å². The van der Waals surface area contributed by atoms with Gasteiger partial charge < -0.3 is 14.6 Å². The number of halogens is 2. The van der Waals surface area contributed by atoms with Crippen molar-refractivity contribution in [3.05, 3.63) is 65.4 Å². The Kier molecular flexibility index (Phi) is 4.35. The van der Waals surface area contributed by atoms with E-state index in [9.17, 15) is 18.4 Å². The van der Waals surface area contributed by atoms with Crippen LogP contribution in [0.15, 0.2) is 46.9 Å². The van der Waals surface area contributed by atoms with Gasteiger partial charge in [-0.1, -0.05) is 18.2 Å². The molecule has 1 saturated heterocycles. The molecule has 4 rings (SSSR count). The summed E-state index contributed by atoms with van der Waals surface area (Å²) in [5, 5.41) is 2.97. The van der Waals surface area contributed by atoms with E-state index in [1.807, 2.05) is 0 Å². The monoisotopic (exact) mass is 370 g/mol. The van der Waals surface area contributed by atoms with Crippen molar-refractivity contribution < 1.29 is 22.8 Å². The number of likely N-dealkylation sites (tertiary alicyclic amines) is 1. The van der Waals surface area contributed by atoms with Crippen molar-refractivity contribution in [2.75, 3.05) is 18.4 Å². The van der Waals surface area contributed by atoms with Crippen LogP contribution in [-0.2, 0) is 0 Å². The molecule has 0 aliphatic carbocycles. The average Bonchev–Trinajstić information content (AvgIpc) is 3.30. The zero-order chi connectivity index (χ0) is 19.0. The maximum atomic E-state index is 13.9. The lowest BCUT2D eigenvalue weighted by Crippen LogP contribution is -2.28. The van der Waals surface area contributed by atoms with E-state index in [1.54, 1.807) is 29.2 Å². The number of hydrogen-bond donors (Lipinski definition) is 1. The van der Waals surface area contributed by atoms with Crippen molar-refractivity contribution in [1.82, 2.24) is 4.90 Å². The molecular weight excluding hydrogens is 354 g/mol. The SMILES string of the molecule is O=C(Nc1c(C(=O)N2CCCC2)oc2ccccc12)c1c(F)cccc1F. The molecule has 0 unspecified atom stereocenters. The van der Waals surface area contributed by atoms with Gasteiger partial charge in [-0.15, -0.1) is 0 Å². The molecule has 0 atom stereocenters. The van der Waals surface area contributed by atoms with Crippen molar-refractivity contribution in [1.29, 1.82) is 0 Å². The number of benzene rings is 2. The third kappa shape index (κ3) is 3.05. The van der Waals surface area contributed by atoms with Crippen LogP contribution < -0.4 is 5.32 Å². The molecule has 27 heavy (non-hydrogen) atoms. The van der Waals surface area contributed by atoms with Crippen LogP contribution in [0.2, 0.25) is 0 Å². The van der Waals surface area contributed by atoms with Gasteiger partial charge in [-0.05, 0) is 37.1 Å². The highest BCUT2D eigenvalue weighted by atomic mass is 19.1. The summed E-state index contributed by atoms with van der Waals surface area (Å²) in [7, 11) is 0. The van der Waals surface area contributed by atoms with Crippen molar-refractivity contribution in [2.24, 2.45) is 0 Å². The number of carbonyl (C=O) groups is 2. The Morgan fingerprint density at radius 1 is 0.963 bits per heavy atom. The summed E-state index contributed by atoms with van der Waals surface area (Å²) >= 11 is 0. The molecule has 0 spiro atoms. The summed E-state index contributed by atoms with van der Waals surface area (Å²) in [6.45, 7) is 1.20. The van der Waals surface area contributed by atoms with E-state index in [2.05, 4.69) is 5.32 Å². The number of nitrogens with zero attached hydrogens (tertiary/aromatic N) is 1. The van der Waals surface area contributed by atoms with Gasteiger partial charge in [0.15, 0.2) is 0 Å². The number of furan rings is 1. The van der Waals surface area contributed by atoms with Crippen molar-refractivity contribution in [3.63, 3.8) is 0 Å². The highest BCUT2D eigenvalue weighted by Crippen LogP contribution is 2.33. The summed E-state index contributed by atoms with van der Waals surface area (Å²) in [4.78, 5) is 27.0. The third-order valence-electron chi connectivity index (χ3n) is 4.61. The first-order valence-electron chi connectivity index (χ1n) is 8.62. The number of nitrogens with one attached hydrogen (secondary N) is 1. The largest absolute Gasteiger partial charge is 0.449 e. The Morgan fingerprint density at radius 2 is 1.63 bits per heavy atom. The molecule has 0 saturated carbocycles. The molecule has 1 N–H and O–H groups in total. The van der Waals surface area contributed by atoms with Crippen LogP contribution in [0, 0.1) is 11.6 Å². The van der Waals surface area contributed by atoms with E-state index in [0.717, 1.165) is 25.0 Å². The number of rotatable bonds is 3. The standard InChI is InChI=1S/C20H16F2N2O3/c21-13-7-5-8-14(22)16(13)19(25)23-17-12-6-1-2-9-15(12)27-18(17)20(26)24-10-3-4-11-24/h1-2,5-9H,3-4,10-11H2,(H,23,25). The van der Waals surface area contributed by atoms with E-state index in [-0.39, 0.29) is 17.4 Å². The number of carbonyl (C=O) groups excluding carboxylic acids is 2. The molecule has 5 nitrogen and oxygen atoms in total. The van der Waals surface area contributed by atoms with Crippen LogP contribution in [-0.4, -0.2) is 29.8 Å². The number of amides is 2. The number of hydrogen-bond acceptors (Lipinski definition) is 3. The van der Waals surface area contributed by atoms with E-state index in [0.29, 0.717) is 24.1 Å². The van der Waals surface area contributed by atoms with Gasteiger partial charge in [-0.3, -0.25) is 9.59 Å². The molecule has 1 aromatic heterocycles. The number of para-hydroxylation sites is 1. The predicted octanol–water partition coefficient (Wildman–Crippen LogP) is 4.20. The lowest BCUT2D eigenvalue weighted by molar-refractivity contribution is 0.0765. The first kappa shape index (κ1) is 17.2. The third-order valence-corrected chi connectivity index (χ3v) is 4.61. The van der Waals surface area contributed by atoms with Gasteiger partial charge in [-0.2, -0.15) is 0 Å². The second-order valence-electron chi connectivity index (χ2n) is 6.35. The Hall–Kier alpha value is -3.22. The fraction of sp³-hybridized carbons (Fsp3) is 0.200. The average molecular weight is 370 g/mol. The van der Waals surface area contributed by atoms with Crippen LogP contribution in [0.1, 0.15) is 33.8 Å². The summed E-state index contributed by atoms with van der Waals surface area (Å²) in [5.74, 6) is -3.33. The lowest BCUT2D eigenvalue weighted by Gasteiger charge is -2.14. The fourth-order valence-electron chi connectivity index (χ4n) is 3.27. The molecule has 3 aromatic rings. The van der Waals surface area contributed by atoms with Crippen LogP contribution in [0.3, 0.4) is 0 Å². The molecule has 1 aliphatic heterocycles. The first-order valence-corrected chi connectivity index (χ1v) is 8.62. The van der Waals surface area contributed by atoms with Crippen LogP contribution in [0.4, 0.5) is 14.5 Å². The predicted molar refractivity (Wildman–Crippen MR) is 95.7 cm³/mol. The second-order valence-corrected chi connectivity index (χ2v) is 6.35. The smallest absolute Gasteiger partial charge is 0.291 e.